The molecule has 1 amide bonds. The highest BCUT2D eigenvalue weighted by atomic mass is 16.5. The van der Waals surface area contributed by atoms with Crippen LogP contribution in [0.25, 0.3) is 10.9 Å². The predicted octanol–water partition coefficient (Wildman–Crippen LogP) is 0.830. The Balaban J connectivity index is 1.72. The van der Waals surface area contributed by atoms with E-state index in [2.05, 4.69) is 15.6 Å². The maximum Gasteiger partial charge on any atom is 0.220 e. The molecule has 2 heterocycles. The van der Waals surface area contributed by atoms with Gasteiger partial charge < -0.3 is 20.5 Å². The Morgan fingerprint density at radius 3 is 3.04 bits per heavy atom. The molecule has 23 heavy (non-hydrogen) atoms. The average molecular weight is 315 g/mol. The standard InChI is InChI=1S/C17H21N3O3/c1-23-15-5-4-11-3-2-6-19-17(11)13(15)9-20-16(22)7-12-8-18-10-14(12)21/h2-6,12,14,18,21H,7-10H2,1H3,(H,20,22)/t12-,14-/m1/s1. The molecule has 1 aliphatic heterocycles. The smallest absolute Gasteiger partial charge is 0.220 e. The first-order valence-corrected chi connectivity index (χ1v) is 7.75. The number of aliphatic hydroxyl groups excluding tert-OH is 1. The van der Waals surface area contributed by atoms with Gasteiger partial charge in [0.2, 0.25) is 5.91 Å². The van der Waals surface area contributed by atoms with Crippen LogP contribution in [0.2, 0.25) is 0 Å². The van der Waals surface area contributed by atoms with E-state index in [1.807, 2.05) is 24.3 Å². The molecule has 3 rings (SSSR count). The Hall–Kier alpha value is -2.18. The van der Waals surface area contributed by atoms with Crippen molar-refractivity contribution in [2.24, 2.45) is 5.92 Å². The SMILES string of the molecule is COc1ccc2cccnc2c1CNC(=O)C[C@@H]1CNC[C@H]1O. The molecule has 3 N–H and O–H groups in total. The number of aromatic nitrogens is 1. The number of hydrogen-bond donors (Lipinski definition) is 3. The van der Waals surface area contributed by atoms with E-state index in [1.54, 1.807) is 13.3 Å². The van der Waals surface area contributed by atoms with E-state index in [0.717, 1.165) is 16.5 Å². The Labute approximate surface area is 134 Å². The van der Waals surface area contributed by atoms with Gasteiger partial charge in [0.15, 0.2) is 0 Å². The zero-order chi connectivity index (χ0) is 16.2. The molecule has 6 nitrogen and oxygen atoms in total. The van der Waals surface area contributed by atoms with Crippen LogP contribution in [0.4, 0.5) is 0 Å². The van der Waals surface area contributed by atoms with Crippen LogP contribution in [0.1, 0.15) is 12.0 Å². The van der Waals surface area contributed by atoms with Crippen molar-refractivity contribution < 1.29 is 14.6 Å². The van der Waals surface area contributed by atoms with Crippen LogP contribution in [-0.4, -0.2) is 42.3 Å². The van der Waals surface area contributed by atoms with Gasteiger partial charge in [0.25, 0.3) is 0 Å². The van der Waals surface area contributed by atoms with Gasteiger partial charge >= 0.3 is 0 Å². The minimum absolute atomic E-state index is 0.0254. The number of fused-ring (bicyclic) bond motifs is 1. The molecule has 6 heteroatoms. The highest BCUT2D eigenvalue weighted by molar-refractivity contribution is 5.84. The quantitative estimate of drug-likeness (QED) is 0.761. The number of benzene rings is 1. The molecule has 0 spiro atoms. The Bertz CT molecular complexity index is 705. The van der Waals surface area contributed by atoms with Gasteiger partial charge in [0, 0.05) is 49.1 Å². The molecule has 0 bridgehead atoms. The summed E-state index contributed by atoms with van der Waals surface area (Å²) in [6.07, 6.45) is 1.59. The lowest BCUT2D eigenvalue weighted by molar-refractivity contribution is -0.122. The first-order chi connectivity index (χ1) is 11.2. The summed E-state index contributed by atoms with van der Waals surface area (Å²) in [4.78, 5) is 16.5. The second-order valence-electron chi connectivity index (χ2n) is 5.79. The normalized spacial score (nSPS) is 20.6. The second kappa shape index (κ2) is 6.93. The summed E-state index contributed by atoms with van der Waals surface area (Å²) in [6, 6.07) is 7.70. The zero-order valence-corrected chi connectivity index (χ0v) is 13.1. The second-order valence-corrected chi connectivity index (χ2v) is 5.79. The van der Waals surface area contributed by atoms with E-state index in [4.69, 9.17) is 4.74 Å². The van der Waals surface area contributed by atoms with Crippen LogP contribution in [0.3, 0.4) is 0 Å². The molecule has 0 saturated carbocycles. The van der Waals surface area contributed by atoms with Gasteiger partial charge in [-0.05, 0) is 18.2 Å². The van der Waals surface area contributed by atoms with Gasteiger partial charge in [0.05, 0.1) is 18.7 Å². The number of β-amino-alcohol motifs (C(OH)–C–C–N with tert-alkyl or cyclic N) is 1. The third-order valence-electron chi connectivity index (χ3n) is 4.27. The van der Waals surface area contributed by atoms with E-state index in [-0.39, 0.29) is 11.8 Å². The third-order valence-corrected chi connectivity index (χ3v) is 4.27. The van der Waals surface area contributed by atoms with Crippen molar-refractivity contribution in [1.29, 1.82) is 0 Å². The fourth-order valence-corrected chi connectivity index (χ4v) is 2.97. The van der Waals surface area contributed by atoms with Crippen LogP contribution in [-0.2, 0) is 11.3 Å². The van der Waals surface area contributed by atoms with Gasteiger partial charge in [-0.3, -0.25) is 9.78 Å². The van der Waals surface area contributed by atoms with Crippen molar-refractivity contribution in [3.8, 4) is 5.75 Å². The topological polar surface area (TPSA) is 83.5 Å². The van der Waals surface area contributed by atoms with Crippen LogP contribution < -0.4 is 15.4 Å². The summed E-state index contributed by atoms with van der Waals surface area (Å²) in [7, 11) is 1.61. The number of methoxy groups -OCH3 is 1. The van der Waals surface area contributed by atoms with Gasteiger partial charge in [-0.2, -0.15) is 0 Å². The van der Waals surface area contributed by atoms with Crippen molar-refractivity contribution in [2.75, 3.05) is 20.2 Å². The van der Waals surface area contributed by atoms with Crippen molar-refractivity contribution in [2.45, 2.75) is 19.1 Å². The van der Waals surface area contributed by atoms with Crippen LogP contribution in [0.15, 0.2) is 30.5 Å². The summed E-state index contributed by atoms with van der Waals surface area (Å²) in [6.45, 7) is 1.58. The summed E-state index contributed by atoms with van der Waals surface area (Å²) in [5, 5.41) is 16.8. The van der Waals surface area contributed by atoms with Crippen LogP contribution in [0.5, 0.6) is 5.75 Å². The number of carbonyl (C=O) groups excluding carboxylic acids is 1. The van der Waals surface area contributed by atoms with Crippen LogP contribution in [0, 0.1) is 5.92 Å². The molecule has 122 valence electrons. The number of amides is 1. The lowest BCUT2D eigenvalue weighted by atomic mass is 10.0. The average Bonchev–Trinajstić information content (AvgIpc) is 2.97. The predicted molar refractivity (Wildman–Crippen MR) is 87.1 cm³/mol. The number of pyridine rings is 1. The fraction of sp³-hybridized carbons (Fsp3) is 0.412. The highest BCUT2D eigenvalue weighted by Gasteiger charge is 2.27. The minimum Gasteiger partial charge on any atom is -0.496 e. The number of carbonyl (C=O) groups is 1. The maximum absolute atomic E-state index is 12.1. The molecule has 0 aliphatic carbocycles. The Morgan fingerprint density at radius 2 is 2.30 bits per heavy atom. The van der Waals surface area contributed by atoms with E-state index in [1.165, 1.54) is 0 Å². The highest BCUT2D eigenvalue weighted by Crippen LogP contribution is 2.26. The number of ether oxygens (including phenoxy) is 1. The molecule has 1 fully saturated rings. The van der Waals surface area contributed by atoms with E-state index in [0.29, 0.717) is 31.8 Å². The molecule has 2 aromatic rings. The minimum atomic E-state index is -0.450. The molecule has 1 saturated heterocycles. The maximum atomic E-state index is 12.1. The van der Waals surface area contributed by atoms with E-state index in [9.17, 15) is 9.90 Å². The zero-order valence-electron chi connectivity index (χ0n) is 13.1. The fourth-order valence-electron chi connectivity index (χ4n) is 2.97. The molecule has 0 radical (unpaired) electrons. The number of nitrogens with one attached hydrogen (secondary N) is 2. The number of rotatable bonds is 5. The molecule has 0 unspecified atom stereocenters. The summed E-state index contributed by atoms with van der Waals surface area (Å²) < 4.78 is 5.39. The van der Waals surface area contributed by atoms with Crippen LogP contribution >= 0.6 is 0 Å². The summed E-state index contributed by atoms with van der Waals surface area (Å²) in [5.41, 5.74) is 1.69. The van der Waals surface area contributed by atoms with Crippen molar-refractivity contribution in [1.82, 2.24) is 15.6 Å². The van der Waals surface area contributed by atoms with Crippen molar-refractivity contribution >= 4 is 16.8 Å². The summed E-state index contributed by atoms with van der Waals surface area (Å²) in [5.74, 6) is 0.606. The number of nitrogens with zero attached hydrogens (tertiary/aromatic N) is 1. The lowest BCUT2D eigenvalue weighted by Gasteiger charge is -2.15. The third kappa shape index (κ3) is 3.43. The Morgan fingerprint density at radius 1 is 1.43 bits per heavy atom. The van der Waals surface area contributed by atoms with Gasteiger partial charge in [-0.1, -0.05) is 6.07 Å². The molecule has 1 aromatic heterocycles. The van der Waals surface area contributed by atoms with Gasteiger partial charge in [-0.25, -0.2) is 0 Å². The molecule has 2 atom stereocenters. The van der Waals surface area contributed by atoms with E-state index < -0.39 is 6.10 Å². The Kier molecular flexibility index (Phi) is 4.73. The van der Waals surface area contributed by atoms with Crippen molar-refractivity contribution in [3.05, 3.63) is 36.0 Å². The number of aliphatic hydroxyl groups is 1. The first-order valence-electron chi connectivity index (χ1n) is 7.75. The monoisotopic (exact) mass is 315 g/mol. The lowest BCUT2D eigenvalue weighted by Crippen LogP contribution is -2.29. The van der Waals surface area contributed by atoms with E-state index >= 15 is 0 Å². The molecular formula is C17H21N3O3. The largest absolute Gasteiger partial charge is 0.496 e. The number of hydrogen-bond acceptors (Lipinski definition) is 5. The van der Waals surface area contributed by atoms with Gasteiger partial charge in [0.1, 0.15) is 5.75 Å². The summed E-state index contributed by atoms with van der Waals surface area (Å²) >= 11 is 0. The molecular weight excluding hydrogens is 294 g/mol. The van der Waals surface area contributed by atoms with Gasteiger partial charge in [-0.15, -0.1) is 0 Å². The first kappa shape index (κ1) is 15.7. The molecule has 1 aromatic carbocycles. The molecule has 1 aliphatic rings. The van der Waals surface area contributed by atoms with Crippen molar-refractivity contribution in [3.63, 3.8) is 0 Å².